The van der Waals surface area contributed by atoms with Crippen molar-refractivity contribution in [3.05, 3.63) is 29.8 Å². The summed E-state index contributed by atoms with van der Waals surface area (Å²) in [5, 5.41) is 0.602. The highest BCUT2D eigenvalue weighted by molar-refractivity contribution is 9.08. The van der Waals surface area contributed by atoms with Crippen LogP contribution in [0.4, 0.5) is 4.79 Å². The van der Waals surface area contributed by atoms with Crippen molar-refractivity contribution < 1.29 is 17.9 Å². The number of hydrogen-bond acceptors (Lipinski definition) is 4. The van der Waals surface area contributed by atoms with Crippen molar-refractivity contribution in [3.63, 3.8) is 0 Å². The first-order valence-corrected chi connectivity index (χ1v) is 9.11. The second kappa shape index (κ2) is 6.76. The lowest BCUT2D eigenvalue weighted by Crippen LogP contribution is -2.41. The minimum absolute atomic E-state index is 0.286. The Bertz CT molecular complexity index is 612. The lowest BCUT2D eigenvalue weighted by molar-refractivity contribution is 0.0741. The third kappa shape index (κ3) is 3.96. The molecule has 2 rings (SSSR count). The molecule has 1 aromatic carbocycles. The zero-order valence-corrected chi connectivity index (χ0v) is 13.8. The van der Waals surface area contributed by atoms with Crippen LogP contribution in [0, 0.1) is 0 Å². The molecule has 0 spiro atoms. The molecule has 0 radical (unpaired) electrons. The van der Waals surface area contributed by atoms with Gasteiger partial charge in [0.05, 0.1) is 4.90 Å². The summed E-state index contributed by atoms with van der Waals surface area (Å²) in [6, 6.07) is 6.84. The highest BCUT2D eigenvalue weighted by Gasteiger charge is 2.30. The topological polar surface area (TPSA) is 89.7 Å². The van der Waals surface area contributed by atoms with Crippen LogP contribution >= 0.6 is 15.9 Å². The van der Waals surface area contributed by atoms with Gasteiger partial charge in [-0.25, -0.2) is 13.2 Å². The maximum Gasteiger partial charge on any atom is 0.404 e. The molecular weight excluding hydrogens is 360 g/mol. The summed E-state index contributed by atoms with van der Waals surface area (Å²) < 4.78 is 31.4. The van der Waals surface area contributed by atoms with E-state index >= 15 is 0 Å². The molecule has 2 N–H and O–H groups in total. The number of piperidine rings is 1. The lowest BCUT2D eigenvalue weighted by Gasteiger charge is -2.30. The number of nitrogens with two attached hydrogens (primary N) is 1. The summed E-state index contributed by atoms with van der Waals surface area (Å²) in [6.07, 6.45) is -0.204. The Kier molecular flexibility index (Phi) is 5.23. The number of primary amides is 1. The van der Waals surface area contributed by atoms with Crippen LogP contribution in [0.15, 0.2) is 29.2 Å². The van der Waals surface area contributed by atoms with Crippen LogP contribution in [-0.2, 0) is 20.1 Å². The fourth-order valence-corrected chi connectivity index (χ4v) is 4.18. The number of nitrogens with zero attached hydrogens (tertiary/aromatic N) is 1. The third-order valence-electron chi connectivity index (χ3n) is 3.37. The van der Waals surface area contributed by atoms with Crippen LogP contribution in [-0.4, -0.2) is 38.0 Å². The average molecular weight is 377 g/mol. The third-order valence-corrected chi connectivity index (χ3v) is 5.92. The maximum atomic E-state index is 12.6. The van der Waals surface area contributed by atoms with E-state index in [0.717, 1.165) is 5.56 Å². The van der Waals surface area contributed by atoms with Crippen molar-refractivity contribution in [2.75, 3.05) is 13.1 Å². The summed E-state index contributed by atoms with van der Waals surface area (Å²) in [7, 11) is -3.51. The fourth-order valence-electron chi connectivity index (χ4n) is 2.29. The number of amides is 1. The molecule has 0 aromatic heterocycles. The molecule has 1 heterocycles. The molecule has 1 fully saturated rings. The lowest BCUT2D eigenvalue weighted by atomic mass is 10.1. The summed E-state index contributed by atoms with van der Waals surface area (Å²) in [6.45, 7) is 0.637. The number of carbonyl (C=O) groups is 1. The Morgan fingerprint density at radius 1 is 1.38 bits per heavy atom. The average Bonchev–Trinajstić information content (AvgIpc) is 2.47. The van der Waals surface area contributed by atoms with Gasteiger partial charge in [0.25, 0.3) is 0 Å². The zero-order valence-electron chi connectivity index (χ0n) is 11.4. The first kappa shape index (κ1) is 16.3. The highest BCUT2D eigenvalue weighted by atomic mass is 79.9. The number of benzene rings is 1. The summed E-state index contributed by atoms with van der Waals surface area (Å²) in [5.74, 6) is 0. The van der Waals surface area contributed by atoms with E-state index in [-0.39, 0.29) is 11.0 Å². The molecule has 0 bridgehead atoms. The van der Waals surface area contributed by atoms with E-state index in [4.69, 9.17) is 10.5 Å². The van der Waals surface area contributed by atoms with Crippen LogP contribution in [0.5, 0.6) is 0 Å². The first-order chi connectivity index (χ1) is 9.93. The zero-order chi connectivity index (χ0) is 15.5. The molecule has 0 aliphatic carbocycles. The molecule has 6 nitrogen and oxygen atoms in total. The highest BCUT2D eigenvalue weighted by Crippen LogP contribution is 2.23. The standard InChI is InChI=1S/C13H17BrN2O4S/c14-9-10-2-1-3-12(8-10)21(18,19)16-6-4-11(5-7-16)20-13(15)17/h1-3,8,11H,4-7,9H2,(H2,15,17). The monoisotopic (exact) mass is 376 g/mol. The largest absolute Gasteiger partial charge is 0.446 e. The smallest absolute Gasteiger partial charge is 0.404 e. The number of halogens is 1. The quantitative estimate of drug-likeness (QED) is 0.811. The molecule has 0 atom stereocenters. The molecule has 21 heavy (non-hydrogen) atoms. The SMILES string of the molecule is NC(=O)OC1CCN(S(=O)(=O)c2cccc(CBr)c2)CC1. The van der Waals surface area contributed by atoms with Gasteiger partial charge in [0, 0.05) is 18.4 Å². The Morgan fingerprint density at radius 3 is 2.62 bits per heavy atom. The van der Waals surface area contributed by atoms with Gasteiger partial charge >= 0.3 is 6.09 Å². The van der Waals surface area contributed by atoms with Gasteiger partial charge in [-0.1, -0.05) is 28.1 Å². The van der Waals surface area contributed by atoms with Gasteiger partial charge in [0.15, 0.2) is 0 Å². The van der Waals surface area contributed by atoms with Crippen molar-refractivity contribution >= 4 is 32.0 Å². The van der Waals surface area contributed by atoms with Crippen LogP contribution in [0.3, 0.4) is 0 Å². The number of alkyl halides is 1. The van der Waals surface area contributed by atoms with Gasteiger partial charge in [-0.2, -0.15) is 4.31 Å². The van der Waals surface area contributed by atoms with E-state index < -0.39 is 16.1 Å². The van der Waals surface area contributed by atoms with E-state index in [1.54, 1.807) is 18.2 Å². The molecule has 1 aromatic rings. The van der Waals surface area contributed by atoms with E-state index in [1.807, 2.05) is 6.07 Å². The number of ether oxygens (including phenoxy) is 1. The predicted octanol–water partition coefficient (Wildman–Crippen LogP) is 1.83. The molecule has 8 heteroatoms. The van der Waals surface area contributed by atoms with E-state index in [0.29, 0.717) is 31.3 Å². The van der Waals surface area contributed by atoms with Gasteiger partial charge < -0.3 is 10.5 Å². The van der Waals surface area contributed by atoms with Crippen LogP contribution in [0.1, 0.15) is 18.4 Å². The predicted molar refractivity (Wildman–Crippen MR) is 81.5 cm³/mol. The number of rotatable bonds is 4. The van der Waals surface area contributed by atoms with E-state index in [1.165, 1.54) is 4.31 Å². The molecule has 0 saturated carbocycles. The summed E-state index contributed by atoms with van der Waals surface area (Å²) >= 11 is 3.32. The van der Waals surface area contributed by atoms with Crippen molar-refractivity contribution in [1.29, 1.82) is 0 Å². The molecule has 1 saturated heterocycles. The van der Waals surface area contributed by atoms with Crippen LogP contribution in [0.25, 0.3) is 0 Å². The van der Waals surface area contributed by atoms with Gasteiger partial charge in [-0.15, -0.1) is 0 Å². The second-order valence-electron chi connectivity index (χ2n) is 4.82. The molecular formula is C13H17BrN2O4S. The van der Waals surface area contributed by atoms with Gasteiger partial charge in [0.2, 0.25) is 10.0 Å². The normalized spacial score (nSPS) is 17.6. The van der Waals surface area contributed by atoms with Crippen molar-refractivity contribution in [2.24, 2.45) is 5.73 Å². The maximum absolute atomic E-state index is 12.6. The van der Waals surface area contributed by atoms with Crippen molar-refractivity contribution in [2.45, 2.75) is 29.2 Å². The Labute approximate surface area is 132 Å². The molecule has 1 aliphatic heterocycles. The molecule has 1 aliphatic rings. The van der Waals surface area contributed by atoms with Gasteiger partial charge in [-0.3, -0.25) is 0 Å². The Balaban J connectivity index is 2.09. The second-order valence-corrected chi connectivity index (χ2v) is 7.32. The van der Waals surface area contributed by atoms with Gasteiger partial charge in [-0.05, 0) is 30.5 Å². The van der Waals surface area contributed by atoms with E-state index in [9.17, 15) is 13.2 Å². The first-order valence-electron chi connectivity index (χ1n) is 6.54. The number of sulfonamides is 1. The number of hydrogen-bond donors (Lipinski definition) is 1. The van der Waals surface area contributed by atoms with Crippen LogP contribution < -0.4 is 5.73 Å². The summed E-state index contributed by atoms with van der Waals surface area (Å²) in [5.41, 5.74) is 5.87. The Hall–Kier alpha value is -1.12. The van der Waals surface area contributed by atoms with Crippen molar-refractivity contribution in [1.82, 2.24) is 4.31 Å². The minimum Gasteiger partial charge on any atom is -0.446 e. The minimum atomic E-state index is -3.51. The fraction of sp³-hybridized carbons (Fsp3) is 0.462. The Morgan fingerprint density at radius 2 is 2.05 bits per heavy atom. The van der Waals surface area contributed by atoms with Crippen molar-refractivity contribution in [3.8, 4) is 0 Å². The number of carbonyl (C=O) groups excluding carboxylic acids is 1. The molecule has 116 valence electrons. The molecule has 1 amide bonds. The summed E-state index contributed by atoms with van der Waals surface area (Å²) in [4.78, 5) is 11.0. The molecule has 0 unspecified atom stereocenters. The van der Waals surface area contributed by atoms with E-state index in [2.05, 4.69) is 15.9 Å². The van der Waals surface area contributed by atoms with Gasteiger partial charge in [0.1, 0.15) is 6.10 Å². The van der Waals surface area contributed by atoms with Crippen LogP contribution in [0.2, 0.25) is 0 Å².